The minimum Gasteiger partial charge on any atom is -0.507 e. The van der Waals surface area contributed by atoms with E-state index in [-0.39, 0.29) is 11.3 Å². The second-order valence-electron chi connectivity index (χ2n) is 10.1. The van der Waals surface area contributed by atoms with E-state index in [1.807, 2.05) is 56.3 Å². The van der Waals surface area contributed by atoms with Gasteiger partial charge in [-0.1, -0.05) is 49.1 Å². The number of methoxy groups -OCH3 is 1. The number of hydrogen-bond donors (Lipinski definition) is 1. The van der Waals surface area contributed by atoms with Crippen LogP contribution in [0.1, 0.15) is 28.3 Å². The normalized spacial score (nSPS) is 16.2. The Labute approximate surface area is 241 Å². The molecule has 0 bridgehead atoms. The lowest BCUT2D eigenvalue weighted by molar-refractivity contribution is -0.140. The molecule has 0 aliphatic carbocycles. The van der Waals surface area contributed by atoms with Crippen molar-refractivity contribution in [3.8, 4) is 17.2 Å². The standard InChI is InChI=1S/C33H36N2O6/c1-6-18-40-25-13-14-26(22(2)19-25)31(36)29-30(35(17-16-34(3)4)33(38)32(29)37)24-12-15-27(28(20-24)39-5)41-21-23-10-8-7-9-11-23/h6-15,19-20,30,36H,1,16-18,21H2,2-5H3/b31-29+. The number of nitrogens with zero attached hydrogens (tertiary/aromatic N) is 2. The Kier molecular flexibility index (Phi) is 9.47. The maximum atomic E-state index is 13.4. The van der Waals surface area contributed by atoms with Gasteiger partial charge in [0.1, 0.15) is 24.7 Å². The molecule has 4 rings (SSSR count). The fourth-order valence-electron chi connectivity index (χ4n) is 4.77. The molecule has 1 aliphatic heterocycles. The predicted molar refractivity (Wildman–Crippen MR) is 158 cm³/mol. The van der Waals surface area contributed by atoms with E-state index in [0.717, 1.165) is 5.56 Å². The lowest BCUT2D eigenvalue weighted by atomic mass is 9.93. The van der Waals surface area contributed by atoms with Crippen molar-refractivity contribution in [3.05, 3.63) is 107 Å². The van der Waals surface area contributed by atoms with E-state index in [0.29, 0.717) is 60.2 Å². The second kappa shape index (κ2) is 13.2. The summed E-state index contributed by atoms with van der Waals surface area (Å²) in [5, 5.41) is 11.5. The number of hydrogen-bond acceptors (Lipinski definition) is 7. The molecule has 0 saturated carbocycles. The maximum Gasteiger partial charge on any atom is 0.295 e. The zero-order valence-corrected chi connectivity index (χ0v) is 23.9. The van der Waals surface area contributed by atoms with E-state index >= 15 is 0 Å². The Bertz CT molecular complexity index is 1450. The molecule has 1 N–H and O–H groups in total. The molecule has 214 valence electrons. The first-order valence-corrected chi connectivity index (χ1v) is 13.4. The van der Waals surface area contributed by atoms with Crippen LogP contribution in [0.5, 0.6) is 17.2 Å². The first kappa shape index (κ1) is 29.4. The van der Waals surface area contributed by atoms with Gasteiger partial charge in [-0.2, -0.15) is 0 Å². The summed E-state index contributed by atoms with van der Waals surface area (Å²) < 4.78 is 17.3. The molecule has 3 aromatic carbocycles. The molecule has 0 spiro atoms. The fourth-order valence-corrected chi connectivity index (χ4v) is 4.77. The molecule has 1 heterocycles. The minimum absolute atomic E-state index is 0.0247. The van der Waals surface area contributed by atoms with Crippen LogP contribution >= 0.6 is 0 Å². The SMILES string of the molecule is C=CCOc1ccc(/C(O)=C2\C(=O)C(=O)N(CCN(C)C)C2c2ccc(OCc3ccccc3)c(OC)c2)c(C)c1. The summed E-state index contributed by atoms with van der Waals surface area (Å²) in [4.78, 5) is 30.2. The summed E-state index contributed by atoms with van der Waals surface area (Å²) in [7, 11) is 5.33. The lowest BCUT2D eigenvalue weighted by Crippen LogP contribution is -2.35. The Morgan fingerprint density at radius 3 is 2.44 bits per heavy atom. The van der Waals surface area contributed by atoms with Crippen molar-refractivity contribution >= 4 is 17.4 Å². The molecule has 1 amide bonds. The number of amides is 1. The van der Waals surface area contributed by atoms with Gasteiger partial charge in [0.05, 0.1) is 18.7 Å². The Balaban J connectivity index is 1.76. The Morgan fingerprint density at radius 2 is 1.78 bits per heavy atom. The Morgan fingerprint density at radius 1 is 1.02 bits per heavy atom. The minimum atomic E-state index is -0.817. The smallest absolute Gasteiger partial charge is 0.295 e. The zero-order valence-electron chi connectivity index (χ0n) is 23.9. The molecular formula is C33H36N2O6. The molecule has 0 radical (unpaired) electrons. The van der Waals surface area contributed by atoms with Crippen LogP contribution in [0, 0.1) is 6.92 Å². The highest BCUT2D eigenvalue weighted by molar-refractivity contribution is 6.46. The van der Waals surface area contributed by atoms with E-state index in [4.69, 9.17) is 14.2 Å². The van der Waals surface area contributed by atoms with E-state index < -0.39 is 17.7 Å². The average molecular weight is 557 g/mol. The van der Waals surface area contributed by atoms with Crippen LogP contribution in [-0.4, -0.2) is 67.5 Å². The summed E-state index contributed by atoms with van der Waals surface area (Å²) in [6.07, 6.45) is 1.64. The van der Waals surface area contributed by atoms with Gasteiger partial charge in [0.2, 0.25) is 0 Å². The van der Waals surface area contributed by atoms with Crippen molar-refractivity contribution in [1.82, 2.24) is 9.80 Å². The number of likely N-dealkylation sites (tertiary alicyclic amines) is 1. The number of aryl methyl sites for hydroxylation is 1. The zero-order chi connectivity index (χ0) is 29.5. The van der Waals surface area contributed by atoms with Crippen LogP contribution < -0.4 is 14.2 Å². The fraction of sp³-hybridized carbons (Fsp3) is 0.273. The van der Waals surface area contributed by atoms with Crippen molar-refractivity contribution in [3.63, 3.8) is 0 Å². The number of ketones is 1. The monoisotopic (exact) mass is 556 g/mol. The van der Waals surface area contributed by atoms with Crippen LogP contribution in [0.2, 0.25) is 0 Å². The molecule has 0 aromatic heterocycles. The summed E-state index contributed by atoms with van der Waals surface area (Å²) >= 11 is 0. The highest BCUT2D eigenvalue weighted by Crippen LogP contribution is 2.42. The van der Waals surface area contributed by atoms with Crippen LogP contribution in [-0.2, 0) is 16.2 Å². The number of rotatable bonds is 12. The van der Waals surface area contributed by atoms with Gasteiger partial charge in [-0.05, 0) is 68.0 Å². The van der Waals surface area contributed by atoms with Gasteiger partial charge in [0, 0.05) is 18.7 Å². The van der Waals surface area contributed by atoms with E-state index in [9.17, 15) is 14.7 Å². The molecule has 8 nitrogen and oxygen atoms in total. The topological polar surface area (TPSA) is 88.5 Å². The highest BCUT2D eigenvalue weighted by atomic mass is 16.5. The third kappa shape index (κ3) is 6.61. The number of carbonyl (C=O) groups is 2. The van der Waals surface area contributed by atoms with Crippen LogP contribution in [0.3, 0.4) is 0 Å². The molecule has 1 atom stereocenters. The number of carbonyl (C=O) groups excluding carboxylic acids is 2. The molecule has 1 saturated heterocycles. The van der Waals surface area contributed by atoms with Gasteiger partial charge >= 0.3 is 0 Å². The number of Topliss-reactive ketones (excluding diaryl/α,β-unsaturated/α-hetero) is 1. The molecule has 1 fully saturated rings. The van der Waals surface area contributed by atoms with Gasteiger partial charge in [0.15, 0.2) is 11.5 Å². The van der Waals surface area contributed by atoms with Gasteiger partial charge in [-0.25, -0.2) is 0 Å². The van der Waals surface area contributed by atoms with E-state index in [1.165, 1.54) is 12.0 Å². The van der Waals surface area contributed by atoms with Gasteiger partial charge < -0.3 is 29.1 Å². The van der Waals surface area contributed by atoms with Crippen LogP contribution in [0.25, 0.3) is 5.76 Å². The first-order chi connectivity index (χ1) is 19.7. The summed E-state index contributed by atoms with van der Waals surface area (Å²) in [5.41, 5.74) is 2.80. The number of likely N-dealkylation sites (N-methyl/N-ethyl adjacent to an activating group) is 1. The van der Waals surface area contributed by atoms with Crippen molar-refractivity contribution in [2.24, 2.45) is 0 Å². The van der Waals surface area contributed by atoms with E-state index in [2.05, 4.69) is 6.58 Å². The van der Waals surface area contributed by atoms with Gasteiger partial charge in [0.25, 0.3) is 11.7 Å². The number of aliphatic hydroxyl groups excluding tert-OH is 1. The van der Waals surface area contributed by atoms with E-state index in [1.54, 1.807) is 42.5 Å². The molecule has 1 aliphatic rings. The quantitative estimate of drug-likeness (QED) is 0.143. The van der Waals surface area contributed by atoms with Crippen molar-refractivity contribution in [2.75, 3.05) is 40.9 Å². The largest absolute Gasteiger partial charge is 0.507 e. The van der Waals surface area contributed by atoms with Gasteiger partial charge in [-0.3, -0.25) is 9.59 Å². The second-order valence-corrected chi connectivity index (χ2v) is 10.1. The van der Waals surface area contributed by atoms with Crippen LogP contribution in [0.4, 0.5) is 0 Å². The first-order valence-electron chi connectivity index (χ1n) is 13.4. The predicted octanol–water partition coefficient (Wildman–Crippen LogP) is 5.13. The van der Waals surface area contributed by atoms with Crippen molar-refractivity contribution < 1.29 is 28.9 Å². The van der Waals surface area contributed by atoms with Gasteiger partial charge in [-0.15, -0.1) is 0 Å². The third-order valence-electron chi connectivity index (χ3n) is 6.89. The molecule has 1 unspecified atom stereocenters. The summed E-state index contributed by atoms with van der Waals surface area (Å²) in [6, 6.07) is 19.5. The molecular weight excluding hydrogens is 520 g/mol. The Hall–Kier alpha value is -4.56. The summed E-state index contributed by atoms with van der Waals surface area (Å²) in [6.45, 7) is 6.99. The van der Waals surface area contributed by atoms with Crippen LogP contribution in [0.15, 0.2) is 85.0 Å². The molecule has 8 heteroatoms. The summed E-state index contributed by atoms with van der Waals surface area (Å²) in [5.74, 6) is -0.0474. The molecule has 41 heavy (non-hydrogen) atoms. The third-order valence-corrected chi connectivity index (χ3v) is 6.89. The number of ether oxygens (including phenoxy) is 3. The number of aliphatic hydroxyl groups is 1. The number of benzene rings is 3. The highest BCUT2D eigenvalue weighted by Gasteiger charge is 2.46. The molecule has 3 aromatic rings. The maximum absolute atomic E-state index is 13.4. The van der Waals surface area contributed by atoms with Crippen molar-refractivity contribution in [1.29, 1.82) is 0 Å². The lowest BCUT2D eigenvalue weighted by Gasteiger charge is -2.27. The van der Waals surface area contributed by atoms with Crippen molar-refractivity contribution in [2.45, 2.75) is 19.6 Å². The average Bonchev–Trinajstić information content (AvgIpc) is 3.23.